The molecule has 1 aliphatic carbocycles. The van der Waals surface area contributed by atoms with Crippen LogP contribution in [0.25, 0.3) is 0 Å². The minimum absolute atomic E-state index is 0.562. The zero-order valence-corrected chi connectivity index (χ0v) is 12.7. The Hall–Kier alpha value is -2.10. The van der Waals surface area contributed by atoms with E-state index in [1.54, 1.807) is 0 Å². The normalized spacial score (nSPS) is 14.0. The van der Waals surface area contributed by atoms with Crippen molar-refractivity contribution in [3.63, 3.8) is 0 Å². The third-order valence-electron chi connectivity index (χ3n) is 3.89. The fraction of sp³-hybridized carbons (Fsp3) is 0.412. The number of nitrogens with one attached hydrogen (secondary N) is 2. The van der Waals surface area contributed by atoms with Crippen molar-refractivity contribution >= 4 is 11.6 Å². The van der Waals surface area contributed by atoms with Gasteiger partial charge in [0.05, 0.1) is 0 Å². The molecule has 0 radical (unpaired) electrons. The number of anilines is 2. The van der Waals surface area contributed by atoms with E-state index in [2.05, 4.69) is 46.8 Å². The second-order valence-electron chi connectivity index (χ2n) is 5.59. The summed E-state index contributed by atoms with van der Waals surface area (Å²) < 4.78 is 0. The number of hydrogen-bond acceptors (Lipinski definition) is 4. The van der Waals surface area contributed by atoms with Gasteiger partial charge in [0.15, 0.2) is 0 Å². The summed E-state index contributed by atoms with van der Waals surface area (Å²) in [6.07, 6.45) is 3.43. The van der Waals surface area contributed by atoms with Crippen LogP contribution in [-0.2, 0) is 6.42 Å². The molecule has 110 valence electrons. The molecule has 0 atom stereocenters. The van der Waals surface area contributed by atoms with Gasteiger partial charge in [0.1, 0.15) is 17.5 Å². The Kier molecular flexibility index (Phi) is 4.04. The van der Waals surface area contributed by atoms with E-state index in [1.165, 1.54) is 18.4 Å². The molecule has 0 bridgehead atoms. The van der Waals surface area contributed by atoms with Gasteiger partial charge >= 0.3 is 0 Å². The van der Waals surface area contributed by atoms with Crippen molar-refractivity contribution < 1.29 is 0 Å². The van der Waals surface area contributed by atoms with Gasteiger partial charge in [-0.2, -0.15) is 0 Å². The van der Waals surface area contributed by atoms with Gasteiger partial charge in [-0.05, 0) is 31.7 Å². The highest BCUT2D eigenvalue weighted by molar-refractivity contribution is 5.57. The lowest BCUT2D eigenvalue weighted by molar-refractivity contribution is 0.907. The quantitative estimate of drug-likeness (QED) is 0.853. The molecular formula is C17H22N4. The maximum Gasteiger partial charge on any atom is 0.136 e. The number of hydrogen-bond donors (Lipinski definition) is 2. The smallest absolute Gasteiger partial charge is 0.136 e. The summed E-state index contributed by atoms with van der Waals surface area (Å²) in [7, 11) is 1.92. The summed E-state index contributed by atoms with van der Waals surface area (Å²) in [5.74, 6) is 3.45. The lowest BCUT2D eigenvalue weighted by atomic mass is 10.1. The zero-order valence-electron chi connectivity index (χ0n) is 12.7. The van der Waals surface area contributed by atoms with Gasteiger partial charge in [-0.3, -0.25) is 0 Å². The molecule has 0 spiro atoms. The predicted octanol–water partition coefficient (Wildman–Crippen LogP) is 3.36. The van der Waals surface area contributed by atoms with E-state index in [0.717, 1.165) is 36.0 Å². The Labute approximate surface area is 126 Å². The monoisotopic (exact) mass is 282 g/mol. The van der Waals surface area contributed by atoms with Crippen molar-refractivity contribution in [1.29, 1.82) is 0 Å². The number of nitrogens with zero attached hydrogens (tertiary/aromatic N) is 2. The molecule has 4 heteroatoms. The van der Waals surface area contributed by atoms with Crippen molar-refractivity contribution in [2.45, 2.75) is 32.1 Å². The Bertz CT molecular complexity index is 606. The molecule has 2 aromatic rings. The first-order valence-electron chi connectivity index (χ1n) is 7.62. The van der Waals surface area contributed by atoms with Crippen LogP contribution >= 0.6 is 0 Å². The van der Waals surface area contributed by atoms with Crippen LogP contribution in [0.3, 0.4) is 0 Å². The van der Waals surface area contributed by atoms with Gasteiger partial charge in [0.25, 0.3) is 0 Å². The highest BCUT2D eigenvalue weighted by Gasteiger charge is 2.28. The Balaban J connectivity index is 1.70. The summed E-state index contributed by atoms with van der Waals surface area (Å²) in [5.41, 5.74) is 2.43. The SMILES string of the molecule is CNc1nc(C2CC2)nc(NCCc2ccccc2)c1C. The number of rotatable bonds is 6. The standard InChI is InChI=1S/C17H22N4/c1-12-15(18-2)20-17(14-8-9-14)21-16(12)19-11-10-13-6-4-3-5-7-13/h3-7,14H,8-11H2,1-2H3,(H2,18,19,20,21). The van der Waals surface area contributed by atoms with Gasteiger partial charge in [-0.25, -0.2) is 9.97 Å². The van der Waals surface area contributed by atoms with Gasteiger partial charge in [-0.1, -0.05) is 30.3 Å². The average molecular weight is 282 g/mol. The third kappa shape index (κ3) is 3.32. The molecule has 21 heavy (non-hydrogen) atoms. The summed E-state index contributed by atoms with van der Waals surface area (Å²) in [4.78, 5) is 9.33. The molecule has 1 saturated carbocycles. The average Bonchev–Trinajstić information content (AvgIpc) is 3.35. The van der Waals surface area contributed by atoms with Gasteiger partial charge in [-0.15, -0.1) is 0 Å². The Morgan fingerprint density at radius 1 is 1.10 bits per heavy atom. The largest absolute Gasteiger partial charge is 0.373 e. The first-order valence-corrected chi connectivity index (χ1v) is 7.62. The van der Waals surface area contributed by atoms with E-state index in [4.69, 9.17) is 4.98 Å². The van der Waals surface area contributed by atoms with E-state index in [1.807, 2.05) is 13.1 Å². The summed E-state index contributed by atoms with van der Waals surface area (Å²) in [6, 6.07) is 10.5. The molecule has 2 N–H and O–H groups in total. The molecule has 1 fully saturated rings. The van der Waals surface area contributed by atoms with Crippen molar-refractivity contribution in [3.8, 4) is 0 Å². The van der Waals surface area contributed by atoms with Crippen molar-refractivity contribution in [2.24, 2.45) is 0 Å². The number of benzene rings is 1. The summed E-state index contributed by atoms with van der Waals surface area (Å²) in [6.45, 7) is 2.95. The van der Waals surface area contributed by atoms with Gasteiger partial charge in [0, 0.05) is 25.1 Å². The van der Waals surface area contributed by atoms with Crippen molar-refractivity contribution in [2.75, 3.05) is 24.2 Å². The molecule has 0 aliphatic heterocycles. The van der Waals surface area contributed by atoms with E-state index < -0.39 is 0 Å². The van der Waals surface area contributed by atoms with Crippen LogP contribution in [0.2, 0.25) is 0 Å². The molecule has 1 aliphatic rings. The van der Waals surface area contributed by atoms with Crippen LogP contribution in [0.5, 0.6) is 0 Å². The molecule has 1 aromatic heterocycles. The van der Waals surface area contributed by atoms with Crippen molar-refractivity contribution in [3.05, 3.63) is 47.3 Å². The van der Waals surface area contributed by atoms with Crippen LogP contribution in [0, 0.1) is 6.92 Å². The first kappa shape index (κ1) is 13.9. The van der Waals surface area contributed by atoms with E-state index in [-0.39, 0.29) is 0 Å². The molecule has 0 saturated heterocycles. The summed E-state index contributed by atoms with van der Waals surface area (Å²) in [5, 5.41) is 6.64. The maximum absolute atomic E-state index is 4.71. The number of aromatic nitrogens is 2. The van der Waals surface area contributed by atoms with Gasteiger partial charge in [0.2, 0.25) is 0 Å². The van der Waals surface area contributed by atoms with E-state index in [9.17, 15) is 0 Å². The Morgan fingerprint density at radius 3 is 2.48 bits per heavy atom. The minimum Gasteiger partial charge on any atom is -0.373 e. The van der Waals surface area contributed by atoms with E-state index in [0.29, 0.717) is 5.92 Å². The van der Waals surface area contributed by atoms with Crippen LogP contribution in [0.1, 0.15) is 35.7 Å². The molecule has 0 unspecified atom stereocenters. The van der Waals surface area contributed by atoms with E-state index >= 15 is 0 Å². The fourth-order valence-corrected chi connectivity index (χ4v) is 2.44. The molecule has 1 aromatic carbocycles. The highest BCUT2D eigenvalue weighted by atomic mass is 15.1. The second kappa shape index (κ2) is 6.12. The molecular weight excluding hydrogens is 260 g/mol. The molecule has 4 nitrogen and oxygen atoms in total. The summed E-state index contributed by atoms with van der Waals surface area (Å²) >= 11 is 0. The van der Waals surface area contributed by atoms with Gasteiger partial charge < -0.3 is 10.6 Å². The lowest BCUT2D eigenvalue weighted by Crippen LogP contribution is -2.11. The second-order valence-corrected chi connectivity index (χ2v) is 5.59. The third-order valence-corrected chi connectivity index (χ3v) is 3.89. The zero-order chi connectivity index (χ0) is 14.7. The topological polar surface area (TPSA) is 49.8 Å². The fourth-order valence-electron chi connectivity index (χ4n) is 2.44. The first-order chi connectivity index (χ1) is 10.3. The van der Waals surface area contributed by atoms with Crippen LogP contribution < -0.4 is 10.6 Å². The lowest BCUT2D eigenvalue weighted by Gasteiger charge is -2.13. The predicted molar refractivity (Wildman–Crippen MR) is 86.9 cm³/mol. The molecule has 0 amide bonds. The van der Waals surface area contributed by atoms with Crippen LogP contribution in [0.15, 0.2) is 30.3 Å². The maximum atomic E-state index is 4.71. The van der Waals surface area contributed by atoms with Crippen LogP contribution in [0.4, 0.5) is 11.6 Å². The Morgan fingerprint density at radius 2 is 1.81 bits per heavy atom. The van der Waals surface area contributed by atoms with Crippen LogP contribution in [-0.4, -0.2) is 23.6 Å². The molecule has 3 rings (SSSR count). The minimum atomic E-state index is 0.562. The van der Waals surface area contributed by atoms with Crippen molar-refractivity contribution in [1.82, 2.24) is 9.97 Å². The highest BCUT2D eigenvalue weighted by Crippen LogP contribution is 2.39. The molecule has 1 heterocycles.